The van der Waals surface area contributed by atoms with Gasteiger partial charge in [0.15, 0.2) is 0 Å². The van der Waals surface area contributed by atoms with Crippen molar-refractivity contribution in [1.82, 2.24) is 5.32 Å². The van der Waals surface area contributed by atoms with Crippen LogP contribution >= 0.6 is 0 Å². The van der Waals surface area contributed by atoms with E-state index >= 15 is 0 Å². The summed E-state index contributed by atoms with van der Waals surface area (Å²) in [5, 5.41) is 3.89. The SMILES string of the molecule is C=C(NC12CC1(CCc1ccc(C)c(C)c1)C2)C1(C)CC=C(C)C=C1C. The third kappa shape index (κ3) is 2.68. The van der Waals surface area contributed by atoms with Crippen LogP contribution in [0.4, 0.5) is 0 Å². The summed E-state index contributed by atoms with van der Waals surface area (Å²) < 4.78 is 0. The monoisotopic (exact) mass is 347 g/mol. The Bertz CT molecular complexity index is 832. The third-order valence-electron chi connectivity index (χ3n) is 7.71. The molecule has 4 rings (SSSR count). The van der Waals surface area contributed by atoms with Gasteiger partial charge in [-0.25, -0.2) is 0 Å². The molecule has 1 aromatic rings. The lowest BCUT2D eigenvalue weighted by molar-refractivity contribution is 0.428. The molecule has 3 aliphatic carbocycles. The second kappa shape index (κ2) is 5.62. The van der Waals surface area contributed by atoms with E-state index in [1.165, 1.54) is 59.2 Å². The molecular weight excluding hydrogens is 314 g/mol. The van der Waals surface area contributed by atoms with Gasteiger partial charge in [0.05, 0.1) is 0 Å². The third-order valence-corrected chi connectivity index (χ3v) is 7.71. The molecule has 2 fully saturated rings. The molecule has 0 spiro atoms. The number of benzene rings is 1. The first-order chi connectivity index (χ1) is 12.2. The van der Waals surface area contributed by atoms with Gasteiger partial charge in [-0.1, -0.05) is 55.0 Å². The number of hydrogen-bond acceptors (Lipinski definition) is 1. The standard InChI is InChI=1S/C25H33N/c1-17-9-11-23(6,20(4)13-17)21(5)26-25-15-24(25,16-25)12-10-22-8-7-18(2)19(3)14-22/h7-9,13-14,26H,5,10-12,15-16H2,1-4,6H3. The predicted molar refractivity (Wildman–Crippen MR) is 111 cm³/mol. The quantitative estimate of drug-likeness (QED) is 0.648. The molecule has 1 atom stereocenters. The van der Waals surface area contributed by atoms with Gasteiger partial charge in [0.1, 0.15) is 0 Å². The number of nitrogens with one attached hydrogen (secondary N) is 1. The summed E-state index contributed by atoms with van der Waals surface area (Å²) in [6, 6.07) is 6.95. The summed E-state index contributed by atoms with van der Waals surface area (Å²) >= 11 is 0. The van der Waals surface area contributed by atoms with E-state index in [2.05, 4.69) is 76.9 Å². The number of allylic oxidation sites excluding steroid dienone is 4. The highest BCUT2D eigenvalue weighted by Gasteiger charge is 2.82. The highest BCUT2D eigenvalue weighted by molar-refractivity contribution is 5.44. The van der Waals surface area contributed by atoms with Crippen LogP contribution in [0.15, 0.2) is 53.8 Å². The average Bonchev–Trinajstić information content (AvgIpc) is 3.38. The van der Waals surface area contributed by atoms with Crippen LogP contribution in [0.2, 0.25) is 0 Å². The fraction of sp³-hybridized carbons (Fsp3) is 0.520. The molecule has 138 valence electrons. The van der Waals surface area contributed by atoms with Gasteiger partial charge in [0.25, 0.3) is 0 Å². The Balaban J connectivity index is 1.36. The molecule has 26 heavy (non-hydrogen) atoms. The second-order valence-corrected chi connectivity index (χ2v) is 9.55. The van der Waals surface area contributed by atoms with Gasteiger partial charge in [-0.05, 0) is 81.9 Å². The molecular formula is C25H33N. The lowest BCUT2D eigenvalue weighted by atomic mass is 9.73. The van der Waals surface area contributed by atoms with Gasteiger partial charge in [-0.2, -0.15) is 0 Å². The molecule has 1 heteroatoms. The van der Waals surface area contributed by atoms with Gasteiger partial charge in [0, 0.05) is 16.7 Å². The van der Waals surface area contributed by atoms with E-state index < -0.39 is 0 Å². The number of fused-ring (bicyclic) bond motifs is 1. The van der Waals surface area contributed by atoms with Crippen molar-refractivity contribution in [3.05, 3.63) is 70.5 Å². The Hall–Kier alpha value is -1.76. The Labute approximate surface area is 159 Å². The van der Waals surface area contributed by atoms with Crippen LogP contribution in [0.1, 0.15) is 63.1 Å². The average molecular weight is 348 g/mol. The fourth-order valence-corrected chi connectivity index (χ4v) is 4.87. The van der Waals surface area contributed by atoms with Crippen molar-refractivity contribution in [3.63, 3.8) is 0 Å². The van der Waals surface area contributed by atoms with Crippen LogP contribution in [0.5, 0.6) is 0 Å². The number of rotatable bonds is 6. The molecule has 0 saturated heterocycles. The topological polar surface area (TPSA) is 12.0 Å². The largest absolute Gasteiger partial charge is 0.382 e. The van der Waals surface area contributed by atoms with E-state index in [0.29, 0.717) is 11.0 Å². The van der Waals surface area contributed by atoms with Crippen LogP contribution in [0.3, 0.4) is 0 Å². The van der Waals surface area contributed by atoms with Crippen LogP contribution in [-0.2, 0) is 6.42 Å². The van der Waals surface area contributed by atoms with Gasteiger partial charge in [0.2, 0.25) is 0 Å². The highest BCUT2D eigenvalue weighted by atomic mass is 15.2. The Morgan fingerprint density at radius 1 is 1.12 bits per heavy atom. The molecule has 3 aliphatic rings. The highest BCUT2D eigenvalue weighted by Crippen LogP contribution is 2.81. The van der Waals surface area contributed by atoms with E-state index in [-0.39, 0.29) is 5.41 Å². The minimum absolute atomic E-state index is 0.0687. The lowest BCUT2D eigenvalue weighted by Crippen LogP contribution is -2.34. The van der Waals surface area contributed by atoms with Crippen molar-refractivity contribution in [2.75, 3.05) is 0 Å². The van der Waals surface area contributed by atoms with Crippen LogP contribution < -0.4 is 5.32 Å². The van der Waals surface area contributed by atoms with Crippen LogP contribution in [0, 0.1) is 24.7 Å². The summed E-state index contributed by atoms with van der Waals surface area (Å²) in [4.78, 5) is 0. The summed E-state index contributed by atoms with van der Waals surface area (Å²) in [7, 11) is 0. The minimum Gasteiger partial charge on any atom is -0.382 e. The molecule has 0 aromatic heterocycles. The number of aryl methyl sites for hydroxylation is 3. The first kappa shape index (κ1) is 17.6. The Morgan fingerprint density at radius 3 is 2.50 bits per heavy atom. The normalized spacial score (nSPS) is 34.5. The zero-order chi connectivity index (χ0) is 18.7. The van der Waals surface area contributed by atoms with Gasteiger partial charge in [-0.3, -0.25) is 0 Å². The summed E-state index contributed by atoms with van der Waals surface area (Å²) in [5.74, 6) is 0. The molecule has 0 amide bonds. The number of hydrogen-bond donors (Lipinski definition) is 1. The smallest absolute Gasteiger partial charge is 0.0441 e. The van der Waals surface area contributed by atoms with E-state index in [9.17, 15) is 0 Å². The van der Waals surface area contributed by atoms with E-state index in [1.54, 1.807) is 0 Å². The zero-order valence-corrected chi connectivity index (χ0v) is 17.1. The van der Waals surface area contributed by atoms with Crippen molar-refractivity contribution in [3.8, 4) is 0 Å². The maximum absolute atomic E-state index is 4.47. The molecule has 1 aromatic carbocycles. The fourth-order valence-electron chi connectivity index (χ4n) is 4.87. The molecule has 0 heterocycles. The van der Waals surface area contributed by atoms with Crippen molar-refractivity contribution in [1.29, 1.82) is 0 Å². The molecule has 1 N–H and O–H groups in total. The second-order valence-electron chi connectivity index (χ2n) is 9.55. The molecule has 0 aliphatic heterocycles. The zero-order valence-electron chi connectivity index (χ0n) is 17.1. The lowest BCUT2D eigenvalue weighted by Gasteiger charge is -2.36. The maximum Gasteiger partial charge on any atom is 0.0441 e. The van der Waals surface area contributed by atoms with Crippen molar-refractivity contribution >= 4 is 0 Å². The van der Waals surface area contributed by atoms with Gasteiger partial charge >= 0.3 is 0 Å². The van der Waals surface area contributed by atoms with Crippen molar-refractivity contribution in [2.45, 2.75) is 72.3 Å². The Morgan fingerprint density at radius 2 is 1.85 bits per heavy atom. The maximum atomic E-state index is 4.47. The van der Waals surface area contributed by atoms with Gasteiger partial charge < -0.3 is 5.32 Å². The Kier molecular flexibility index (Phi) is 3.81. The van der Waals surface area contributed by atoms with Crippen molar-refractivity contribution in [2.24, 2.45) is 10.8 Å². The van der Waals surface area contributed by atoms with E-state index in [1.807, 2.05) is 0 Å². The molecule has 1 nitrogen and oxygen atoms in total. The predicted octanol–water partition coefficient (Wildman–Crippen LogP) is 6.17. The molecule has 2 saturated carbocycles. The molecule has 0 bridgehead atoms. The van der Waals surface area contributed by atoms with Crippen LogP contribution in [0.25, 0.3) is 0 Å². The first-order valence-electron chi connectivity index (χ1n) is 10.1. The minimum atomic E-state index is 0.0687. The summed E-state index contributed by atoms with van der Waals surface area (Å²) in [6.07, 6.45) is 10.9. The van der Waals surface area contributed by atoms with E-state index in [4.69, 9.17) is 0 Å². The summed E-state index contributed by atoms with van der Waals surface area (Å²) in [5.41, 5.74) is 9.32. The summed E-state index contributed by atoms with van der Waals surface area (Å²) in [6.45, 7) is 15.7. The van der Waals surface area contributed by atoms with Gasteiger partial charge in [-0.15, -0.1) is 0 Å². The first-order valence-corrected chi connectivity index (χ1v) is 10.1. The van der Waals surface area contributed by atoms with Crippen LogP contribution in [-0.4, -0.2) is 5.54 Å². The molecule has 1 unspecified atom stereocenters. The molecule has 0 radical (unpaired) electrons. The van der Waals surface area contributed by atoms with E-state index in [0.717, 1.165) is 6.42 Å². The van der Waals surface area contributed by atoms with Crippen molar-refractivity contribution < 1.29 is 0 Å².